The first-order valence-corrected chi connectivity index (χ1v) is 9.49. The number of pyridine rings is 1. The normalized spacial score (nSPS) is 20.0. The second-order valence-electron chi connectivity index (χ2n) is 7.42. The van der Waals surface area contributed by atoms with E-state index >= 15 is 0 Å². The van der Waals surface area contributed by atoms with E-state index in [1.54, 1.807) is 6.20 Å². The summed E-state index contributed by atoms with van der Waals surface area (Å²) in [5.41, 5.74) is 2.91. The van der Waals surface area contributed by atoms with Crippen LogP contribution in [0, 0.1) is 5.92 Å². The first kappa shape index (κ1) is 17.0. The van der Waals surface area contributed by atoms with Crippen LogP contribution in [0.2, 0.25) is 0 Å². The van der Waals surface area contributed by atoms with E-state index in [2.05, 4.69) is 28.3 Å². The van der Waals surface area contributed by atoms with Gasteiger partial charge in [-0.25, -0.2) is 4.98 Å². The van der Waals surface area contributed by atoms with E-state index in [0.29, 0.717) is 11.5 Å². The molecule has 1 aromatic heterocycles. The van der Waals surface area contributed by atoms with E-state index in [4.69, 9.17) is 0 Å². The van der Waals surface area contributed by atoms with Crippen molar-refractivity contribution in [3.05, 3.63) is 53.7 Å². The molecule has 0 bridgehead atoms. The maximum atomic E-state index is 12.8. The molecule has 5 nitrogen and oxygen atoms in total. The number of hydrogen-bond acceptors (Lipinski definition) is 4. The minimum absolute atomic E-state index is 0.0305. The molecule has 1 unspecified atom stereocenters. The largest absolute Gasteiger partial charge is 0.370 e. The number of piperidine rings is 1. The number of aromatic nitrogens is 1. The van der Waals surface area contributed by atoms with Gasteiger partial charge < -0.3 is 15.1 Å². The zero-order valence-corrected chi connectivity index (χ0v) is 15.3. The van der Waals surface area contributed by atoms with Crippen LogP contribution < -0.4 is 10.2 Å². The highest BCUT2D eigenvalue weighted by molar-refractivity contribution is 6.07. The number of rotatable bonds is 4. The van der Waals surface area contributed by atoms with Crippen LogP contribution in [0.4, 0.5) is 11.5 Å². The molecule has 2 aliphatic heterocycles. The number of benzene rings is 1. The fourth-order valence-electron chi connectivity index (χ4n) is 4.02. The average Bonchev–Trinajstić information content (AvgIpc) is 3.10. The Bertz CT molecular complexity index is 774. The molecule has 1 saturated heterocycles. The molecule has 1 amide bonds. The molecule has 1 fully saturated rings. The highest BCUT2D eigenvalue weighted by Crippen LogP contribution is 2.28. The SMILES string of the molecule is CN1CCCC(CNc2ccc(C(=O)N3CCc4ccccc43)cn2)C1. The van der Waals surface area contributed by atoms with Crippen molar-refractivity contribution in [2.24, 2.45) is 5.92 Å². The molecule has 5 heteroatoms. The van der Waals surface area contributed by atoms with Crippen LogP contribution in [0.1, 0.15) is 28.8 Å². The van der Waals surface area contributed by atoms with Crippen molar-refractivity contribution < 1.29 is 4.79 Å². The smallest absolute Gasteiger partial charge is 0.259 e. The summed E-state index contributed by atoms with van der Waals surface area (Å²) in [5.74, 6) is 1.54. The molecule has 1 atom stereocenters. The summed E-state index contributed by atoms with van der Waals surface area (Å²) in [5, 5.41) is 3.42. The molecule has 1 N–H and O–H groups in total. The predicted molar refractivity (Wildman–Crippen MR) is 105 cm³/mol. The highest BCUT2D eigenvalue weighted by Gasteiger charge is 2.25. The summed E-state index contributed by atoms with van der Waals surface area (Å²) >= 11 is 0. The van der Waals surface area contributed by atoms with Gasteiger partial charge in [-0.2, -0.15) is 0 Å². The number of likely N-dealkylation sites (tertiary alicyclic amines) is 1. The molecule has 3 heterocycles. The third-order valence-electron chi connectivity index (χ3n) is 5.44. The third-order valence-corrected chi connectivity index (χ3v) is 5.44. The average molecular weight is 350 g/mol. The van der Waals surface area contributed by atoms with E-state index in [1.165, 1.54) is 24.9 Å². The topological polar surface area (TPSA) is 48.5 Å². The Kier molecular flexibility index (Phi) is 4.89. The fraction of sp³-hybridized carbons (Fsp3) is 0.429. The number of nitrogens with zero attached hydrogens (tertiary/aromatic N) is 3. The Morgan fingerprint density at radius 3 is 2.92 bits per heavy atom. The summed E-state index contributed by atoms with van der Waals surface area (Å²) in [6.07, 6.45) is 5.15. The van der Waals surface area contributed by atoms with Gasteiger partial charge in [0.05, 0.1) is 5.56 Å². The molecule has 26 heavy (non-hydrogen) atoms. The third kappa shape index (κ3) is 3.58. The number of amides is 1. The lowest BCUT2D eigenvalue weighted by molar-refractivity contribution is 0.0989. The number of nitrogens with one attached hydrogen (secondary N) is 1. The second-order valence-corrected chi connectivity index (χ2v) is 7.42. The Morgan fingerprint density at radius 2 is 2.12 bits per heavy atom. The minimum Gasteiger partial charge on any atom is -0.370 e. The van der Waals surface area contributed by atoms with Crippen molar-refractivity contribution >= 4 is 17.4 Å². The van der Waals surface area contributed by atoms with Gasteiger partial charge in [-0.1, -0.05) is 18.2 Å². The maximum absolute atomic E-state index is 12.8. The lowest BCUT2D eigenvalue weighted by atomic mass is 9.98. The van der Waals surface area contributed by atoms with Gasteiger partial charge in [0, 0.05) is 31.5 Å². The number of fused-ring (bicyclic) bond motifs is 1. The lowest BCUT2D eigenvalue weighted by Gasteiger charge is -2.29. The summed E-state index contributed by atoms with van der Waals surface area (Å²) in [7, 11) is 2.18. The Morgan fingerprint density at radius 1 is 1.23 bits per heavy atom. The monoisotopic (exact) mass is 350 g/mol. The molecule has 136 valence electrons. The standard InChI is InChI=1S/C21H26N4O/c1-24-11-4-5-16(15-24)13-22-20-9-8-18(14-23-20)21(26)25-12-10-17-6-2-3-7-19(17)25/h2-3,6-9,14,16H,4-5,10-13,15H2,1H3,(H,22,23). The minimum atomic E-state index is 0.0305. The summed E-state index contributed by atoms with van der Waals surface area (Å²) < 4.78 is 0. The molecule has 4 rings (SSSR count). The van der Waals surface area contributed by atoms with E-state index in [1.807, 2.05) is 35.2 Å². The van der Waals surface area contributed by atoms with Gasteiger partial charge in [-0.3, -0.25) is 4.79 Å². The molecule has 1 aromatic carbocycles. The molecule has 0 saturated carbocycles. The summed E-state index contributed by atoms with van der Waals surface area (Å²) in [6.45, 7) is 4.01. The van der Waals surface area contributed by atoms with Gasteiger partial charge in [0.2, 0.25) is 0 Å². The number of carbonyl (C=O) groups excluding carboxylic acids is 1. The summed E-state index contributed by atoms with van der Waals surface area (Å²) in [6, 6.07) is 11.9. The zero-order valence-electron chi connectivity index (χ0n) is 15.3. The van der Waals surface area contributed by atoms with E-state index < -0.39 is 0 Å². The number of hydrogen-bond donors (Lipinski definition) is 1. The van der Waals surface area contributed by atoms with Gasteiger partial charge in [0.25, 0.3) is 5.91 Å². The summed E-state index contributed by atoms with van der Waals surface area (Å²) in [4.78, 5) is 21.5. The van der Waals surface area contributed by atoms with E-state index in [-0.39, 0.29) is 5.91 Å². The zero-order chi connectivity index (χ0) is 17.9. The van der Waals surface area contributed by atoms with Gasteiger partial charge in [-0.15, -0.1) is 0 Å². The molecule has 2 aliphatic rings. The van der Waals surface area contributed by atoms with Crippen LogP contribution in [0.25, 0.3) is 0 Å². The lowest BCUT2D eigenvalue weighted by Crippen LogP contribution is -2.35. The Hall–Kier alpha value is -2.40. The van der Waals surface area contributed by atoms with Crippen LogP contribution in [-0.4, -0.2) is 49.0 Å². The Balaban J connectivity index is 1.38. The van der Waals surface area contributed by atoms with Crippen LogP contribution >= 0.6 is 0 Å². The second kappa shape index (κ2) is 7.46. The van der Waals surface area contributed by atoms with Crippen molar-refractivity contribution in [1.29, 1.82) is 0 Å². The fourth-order valence-corrected chi connectivity index (χ4v) is 4.02. The van der Waals surface area contributed by atoms with Crippen molar-refractivity contribution in [1.82, 2.24) is 9.88 Å². The predicted octanol–water partition coefficient (Wildman–Crippen LogP) is 3.04. The first-order chi connectivity index (χ1) is 12.7. The Labute approximate surface area is 155 Å². The molecular formula is C21H26N4O. The number of anilines is 2. The van der Waals surface area contributed by atoms with E-state index in [9.17, 15) is 4.79 Å². The van der Waals surface area contributed by atoms with Gasteiger partial charge in [0.1, 0.15) is 5.82 Å². The number of carbonyl (C=O) groups is 1. The van der Waals surface area contributed by atoms with Crippen molar-refractivity contribution in [3.8, 4) is 0 Å². The quantitative estimate of drug-likeness (QED) is 0.921. The van der Waals surface area contributed by atoms with Gasteiger partial charge >= 0.3 is 0 Å². The first-order valence-electron chi connectivity index (χ1n) is 9.49. The molecule has 0 radical (unpaired) electrons. The van der Waals surface area contributed by atoms with Gasteiger partial charge in [0.15, 0.2) is 0 Å². The van der Waals surface area contributed by atoms with Crippen LogP contribution in [0.3, 0.4) is 0 Å². The van der Waals surface area contributed by atoms with Crippen molar-refractivity contribution in [2.75, 3.05) is 43.4 Å². The molecule has 2 aromatic rings. The molecule has 0 spiro atoms. The maximum Gasteiger partial charge on any atom is 0.259 e. The highest BCUT2D eigenvalue weighted by atomic mass is 16.2. The molecular weight excluding hydrogens is 324 g/mol. The van der Waals surface area contributed by atoms with Crippen molar-refractivity contribution in [2.45, 2.75) is 19.3 Å². The van der Waals surface area contributed by atoms with E-state index in [0.717, 1.165) is 37.6 Å². The van der Waals surface area contributed by atoms with Crippen LogP contribution in [-0.2, 0) is 6.42 Å². The van der Waals surface area contributed by atoms with Crippen LogP contribution in [0.5, 0.6) is 0 Å². The van der Waals surface area contributed by atoms with Gasteiger partial charge in [-0.05, 0) is 62.5 Å². The van der Waals surface area contributed by atoms with Crippen LogP contribution in [0.15, 0.2) is 42.6 Å². The van der Waals surface area contributed by atoms with Crippen molar-refractivity contribution in [3.63, 3.8) is 0 Å². The molecule has 0 aliphatic carbocycles. The number of para-hydroxylation sites is 1.